The number of nitrogens with two attached hydrogens (primary N) is 8. The van der Waals surface area contributed by atoms with Gasteiger partial charge in [-0.1, -0.05) is 111 Å². The predicted molar refractivity (Wildman–Crippen MR) is 496 cm³/mol. The fourth-order valence-electron chi connectivity index (χ4n) is 15.6. The normalized spacial score (nSPS) is 14.9. The molecule has 0 saturated carbocycles. The topological polar surface area (TPSA) is 696 Å². The molecule has 0 aliphatic rings. The molecule has 0 aliphatic carbocycles. The van der Waals surface area contributed by atoms with Crippen molar-refractivity contribution in [2.45, 2.75) is 359 Å². The second-order valence-corrected chi connectivity index (χ2v) is 35.6. The molecule has 0 aliphatic heterocycles. The van der Waals surface area contributed by atoms with Crippen LogP contribution in [0.15, 0.2) is 30.0 Å². The van der Waals surface area contributed by atoms with Gasteiger partial charge in [-0.05, 0) is 149 Å². The van der Waals surface area contributed by atoms with Crippen LogP contribution in [0.1, 0.15) is 303 Å². The van der Waals surface area contributed by atoms with Crippen molar-refractivity contribution in [2.75, 3.05) is 39.3 Å². The molecule has 15 atom stereocenters. The van der Waals surface area contributed by atoms with E-state index in [1.807, 2.05) is 0 Å². The molecule has 742 valence electrons. The molecule has 2 aromatic rings. The van der Waals surface area contributed by atoms with E-state index < -0.39 is 242 Å². The zero-order valence-electron chi connectivity index (χ0n) is 78.6. The Morgan fingerprint density at radius 1 is 0.382 bits per heavy atom. The lowest BCUT2D eigenvalue weighted by atomic mass is 9.88. The minimum absolute atomic E-state index is 0.00412. The van der Waals surface area contributed by atoms with Gasteiger partial charge in [-0.25, -0.2) is 9.97 Å². The van der Waals surface area contributed by atoms with E-state index in [-0.39, 0.29) is 128 Å². The van der Waals surface area contributed by atoms with Gasteiger partial charge in [0.05, 0.1) is 79.6 Å². The molecule has 131 heavy (non-hydrogen) atoms. The molecule has 2 rings (SSSR count). The number of rotatable bonds is 81. The largest absolute Gasteiger partial charge is 0.396 e. The number of guanidine groups is 1. The number of carbonyl (C=O) groups is 16. The molecule has 0 radical (unpaired) electrons. The average molecular weight is 1850 g/mol. The third-order valence-electron chi connectivity index (χ3n) is 23.6. The number of hydrogen-bond acceptors (Lipinski definition) is 26. The van der Waals surface area contributed by atoms with Crippen LogP contribution in [0.3, 0.4) is 0 Å². The first-order valence-corrected chi connectivity index (χ1v) is 47.6. The highest BCUT2D eigenvalue weighted by Gasteiger charge is 2.39. The van der Waals surface area contributed by atoms with Gasteiger partial charge in [0, 0.05) is 131 Å². The number of imidazole rings is 2. The fourth-order valence-corrected chi connectivity index (χ4v) is 15.6. The average Bonchev–Trinajstić information content (AvgIpc) is 1.25. The maximum absolute atomic E-state index is 14.9. The molecular weight excluding hydrogens is 1690 g/mol. The molecule has 9 amide bonds. The number of aliphatic hydroxyl groups is 3. The molecule has 0 bridgehead atoms. The number of ketones is 7. The van der Waals surface area contributed by atoms with Crippen LogP contribution < -0.4 is 83.1 Å². The standard InChI is InChI=1S/C92H160N20O19/c1-7-8-9-10-11-12-13-14-15-16-17-18-19-34-83(124)106-74(51-67-54-102-57-105-67)80(121)49-65(55-113)91(131)108-69(31-21-25-40-94)75(116)36-38-84(125)107-73(50-66-53-101-56-104-66)79(120)48-64(35-37-82(97)123)89(129)110-71(33-23-27-42-96)77(118)46-63(30-28-43-103-92(99)100)88(128)109-70(32-22-26-41-95)76(117)45-59(4)87(127)111-72(44-58(2)3)78(119)47-62(29-20-24-39-93)90(130)112-85(61(6)115)81(122)52-68(60(5)114)86(98)126/h53-54,56-65,68-74,85,113-115H,7-52,55,93-96H2,1-6H3,(H2,97,123)(H2,98,126)(H,101,104)(H,102,105)(H,106,124)(H,107,125)(H,108,131)(H,109,128)(H,110,129)(H,111,127)(H,112,130)(H4,99,100,103)/t59-,60-,61-,62-,63-,64-,65+,68+,69+,70+,71+,72+,73+,74+,85+/m1/s1. The van der Waals surface area contributed by atoms with Crippen molar-refractivity contribution < 1.29 is 92.0 Å². The summed E-state index contributed by atoms with van der Waals surface area (Å²) in [6.45, 7) is 9.87. The summed E-state index contributed by atoms with van der Waals surface area (Å²) in [6, 6.07) is -9.07. The SMILES string of the molecule is CCCCCCCCCCCCCCCC(=O)N[C@@H](Cc1cnc[nH]1)C(=O)C[C@@H](CO)C(=O)N[C@@H](CCCCN)C(=O)CCC(=O)N[C@@H](Cc1cnc[nH]1)C(=O)C[C@@H](CCC(N)=O)C(=O)N[C@@H](CCCCN)C(=O)C[C@@H](CCCN=C(N)N)C(=O)N[C@@H](CCCCN)C(=O)C[C@@H](C)C(=O)N[C@@H](CC(C)C)C(=O)C[C@@H](CCCCN)C(=O)N[C@H](C(=O)C[C@H](C(N)=O)[C@@H](C)O)[C@@H](C)O. The summed E-state index contributed by atoms with van der Waals surface area (Å²) in [5, 5.41) is 50.5. The Kier molecular flexibility index (Phi) is 61.3. The smallest absolute Gasteiger partial charge is 0.226 e. The van der Waals surface area contributed by atoms with Gasteiger partial charge in [0.25, 0.3) is 0 Å². The van der Waals surface area contributed by atoms with E-state index in [1.54, 1.807) is 13.8 Å². The van der Waals surface area contributed by atoms with Gasteiger partial charge in [0.1, 0.15) is 6.04 Å². The molecule has 2 aromatic heterocycles. The summed E-state index contributed by atoms with van der Waals surface area (Å²) in [5.74, 6) is -19.4. The number of hydrogen-bond donors (Lipinski definition) is 20. The number of nitrogens with one attached hydrogen (secondary N) is 9. The summed E-state index contributed by atoms with van der Waals surface area (Å²) in [5.41, 5.74) is 46.7. The van der Waals surface area contributed by atoms with Crippen molar-refractivity contribution in [3.8, 4) is 0 Å². The van der Waals surface area contributed by atoms with Crippen molar-refractivity contribution in [2.24, 2.45) is 92.3 Å². The van der Waals surface area contributed by atoms with E-state index in [1.165, 1.54) is 97.2 Å². The Bertz CT molecular complexity index is 3790. The summed E-state index contributed by atoms with van der Waals surface area (Å²) < 4.78 is 0. The molecule has 39 nitrogen and oxygen atoms in total. The lowest BCUT2D eigenvalue weighted by molar-refractivity contribution is -0.137. The number of aliphatic hydroxyl groups excluding tert-OH is 3. The number of amides is 9. The highest BCUT2D eigenvalue weighted by molar-refractivity contribution is 6.00. The highest BCUT2D eigenvalue weighted by Crippen LogP contribution is 2.26. The number of unbranched alkanes of at least 4 members (excludes halogenated alkanes) is 16. The number of Topliss-reactive ketones (excluding diaryl/α,β-unsaturated/α-hetero) is 7. The van der Waals surface area contributed by atoms with E-state index in [0.717, 1.165) is 25.7 Å². The van der Waals surface area contributed by atoms with Crippen LogP contribution in [0.4, 0.5) is 0 Å². The van der Waals surface area contributed by atoms with E-state index in [2.05, 4.69) is 69.1 Å². The molecule has 39 heteroatoms. The van der Waals surface area contributed by atoms with Gasteiger partial charge in [0.15, 0.2) is 46.4 Å². The number of aliphatic imine (C=N–C) groups is 1. The minimum Gasteiger partial charge on any atom is -0.396 e. The third kappa shape index (κ3) is 50.7. The van der Waals surface area contributed by atoms with Gasteiger partial charge in [0.2, 0.25) is 53.2 Å². The van der Waals surface area contributed by atoms with E-state index in [0.29, 0.717) is 62.8 Å². The predicted octanol–water partition coefficient (Wildman–Crippen LogP) is 2.73. The Hall–Kier alpha value is -9.67. The van der Waals surface area contributed by atoms with Crippen LogP contribution in [-0.2, 0) is 89.6 Å². The molecule has 0 fully saturated rings. The first kappa shape index (κ1) is 117. The Morgan fingerprint density at radius 3 is 1.18 bits per heavy atom. The molecule has 0 aromatic carbocycles. The van der Waals surface area contributed by atoms with Crippen LogP contribution in [-0.4, -0.2) is 229 Å². The Balaban J connectivity index is 2.44. The maximum atomic E-state index is 14.9. The van der Waals surface area contributed by atoms with Gasteiger partial charge < -0.3 is 108 Å². The number of aromatic amines is 2. The quantitative estimate of drug-likeness (QED) is 0.0257. The van der Waals surface area contributed by atoms with Crippen LogP contribution in [0.25, 0.3) is 0 Å². The maximum Gasteiger partial charge on any atom is 0.226 e. The van der Waals surface area contributed by atoms with Crippen LogP contribution >= 0.6 is 0 Å². The van der Waals surface area contributed by atoms with E-state index in [9.17, 15) is 92.0 Å². The zero-order valence-corrected chi connectivity index (χ0v) is 78.6. The van der Waals surface area contributed by atoms with Crippen molar-refractivity contribution in [1.29, 1.82) is 0 Å². The lowest BCUT2D eigenvalue weighted by Gasteiger charge is -2.27. The first-order valence-electron chi connectivity index (χ1n) is 47.6. The monoisotopic (exact) mass is 1850 g/mol. The first-order chi connectivity index (χ1) is 62.4. The summed E-state index contributed by atoms with van der Waals surface area (Å²) >= 11 is 0. The molecule has 28 N–H and O–H groups in total. The Labute approximate surface area is 772 Å². The Morgan fingerprint density at radius 2 is 0.771 bits per heavy atom. The van der Waals surface area contributed by atoms with Gasteiger partial charge in [-0.3, -0.25) is 81.7 Å². The minimum atomic E-state index is -1.55. The summed E-state index contributed by atoms with van der Waals surface area (Å²) in [4.78, 5) is 242. The lowest BCUT2D eigenvalue weighted by Crippen LogP contribution is -2.51. The van der Waals surface area contributed by atoms with Crippen LogP contribution in [0.5, 0.6) is 0 Å². The molecule has 0 unspecified atom stereocenters. The summed E-state index contributed by atoms with van der Waals surface area (Å²) in [6.07, 6.45) is 16.0. The van der Waals surface area contributed by atoms with Crippen molar-refractivity contribution >= 4 is 99.6 Å². The second kappa shape index (κ2) is 68.4. The number of nitrogens with zero attached hydrogens (tertiary/aromatic N) is 3. The highest BCUT2D eigenvalue weighted by atomic mass is 16.3. The van der Waals surface area contributed by atoms with E-state index in [4.69, 9.17) is 45.9 Å². The fraction of sp³-hybridized carbons (Fsp3) is 0.750. The van der Waals surface area contributed by atoms with Gasteiger partial charge >= 0.3 is 0 Å². The molecule has 0 spiro atoms. The van der Waals surface area contributed by atoms with Crippen molar-refractivity contribution in [1.82, 2.24) is 57.2 Å². The molecular formula is C92H160N20O19. The zero-order chi connectivity index (χ0) is 97.8. The third-order valence-corrected chi connectivity index (χ3v) is 23.6. The molecule has 2 heterocycles. The van der Waals surface area contributed by atoms with Gasteiger partial charge in [-0.2, -0.15) is 0 Å². The van der Waals surface area contributed by atoms with E-state index >= 15 is 0 Å². The van der Waals surface area contributed by atoms with Crippen molar-refractivity contribution in [3.63, 3.8) is 0 Å². The number of primary amides is 2. The van der Waals surface area contributed by atoms with Crippen molar-refractivity contribution in [3.05, 3.63) is 36.4 Å². The summed E-state index contributed by atoms with van der Waals surface area (Å²) in [7, 11) is 0. The second-order valence-electron chi connectivity index (χ2n) is 35.6. The molecule has 0 saturated heterocycles. The van der Waals surface area contributed by atoms with Crippen LogP contribution in [0, 0.1) is 41.4 Å². The number of H-pyrrole nitrogens is 2. The van der Waals surface area contributed by atoms with Gasteiger partial charge in [-0.15, -0.1) is 0 Å². The van der Waals surface area contributed by atoms with Crippen LogP contribution in [0.2, 0.25) is 0 Å². The number of aromatic nitrogens is 4. The number of carbonyl (C=O) groups excluding carboxylic acids is 16.